The number of nitrogens with one attached hydrogen (secondary N) is 1. The van der Waals surface area contributed by atoms with Crippen molar-refractivity contribution in [1.82, 2.24) is 5.32 Å². The SMILES string of the molecule is COCCNCC(C[Si](C)(C)C)c1ccccc1Cl. The third-order valence-corrected chi connectivity index (χ3v) is 5.14. The van der Waals surface area contributed by atoms with Crippen LogP contribution in [-0.2, 0) is 4.74 Å². The van der Waals surface area contributed by atoms with Crippen molar-refractivity contribution in [3.05, 3.63) is 34.9 Å². The Labute approximate surface area is 123 Å². The lowest BCUT2D eigenvalue weighted by atomic mass is 10.0. The van der Waals surface area contributed by atoms with E-state index in [1.807, 2.05) is 12.1 Å². The summed E-state index contributed by atoms with van der Waals surface area (Å²) in [6, 6.07) is 9.47. The molecule has 0 saturated heterocycles. The van der Waals surface area contributed by atoms with Crippen molar-refractivity contribution < 1.29 is 4.74 Å². The highest BCUT2D eigenvalue weighted by Gasteiger charge is 2.22. The van der Waals surface area contributed by atoms with Gasteiger partial charge in [0.15, 0.2) is 0 Å². The van der Waals surface area contributed by atoms with E-state index in [1.54, 1.807) is 7.11 Å². The van der Waals surface area contributed by atoms with Gasteiger partial charge >= 0.3 is 0 Å². The van der Waals surface area contributed by atoms with E-state index in [4.69, 9.17) is 16.3 Å². The summed E-state index contributed by atoms with van der Waals surface area (Å²) in [5.74, 6) is 0.497. The summed E-state index contributed by atoms with van der Waals surface area (Å²) >= 11 is 6.35. The predicted octanol–water partition coefficient (Wildman–Crippen LogP) is 4.00. The van der Waals surface area contributed by atoms with Crippen LogP contribution in [0.3, 0.4) is 0 Å². The molecule has 2 nitrogen and oxygen atoms in total. The monoisotopic (exact) mass is 299 g/mol. The van der Waals surface area contributed by atoms with Crippen molar-refractivity contribution in [3.8, 4) is 0 Å². The normalized spacial score (nSPS) is 13.5. The fraction of sp³-hybridized carbons (Fsp3) is 0.600. The van der Waals surface area contributed by atoms with Gasteiger partial charge in [-0.05, 0) is 23.6 Å². The minimum absolute atomic E-state index is 0.497. The van der Waals surface area contributed by atoms with Crippen LogP contribution in [0.25, 0.3) is 0 Å². The molecular formula is C15H26ClNOSi. The summed E-state index contributed by atoms with van der Waals surface area (Å²) < 4.78 is 5.07. The van der Waals surface area contributed by atoms with E-state index in [-0.39, 0.29) is 0 Å². The quantitative estimate of drug-likeness (QED) is 0.579. The summed E-state index contributed by atoms with van der Waals surface area (Å²) in [6.45, 7) is 9.84. The van der Waals surface area contributed by atoms with E-state index in [2.05, 4.69) is 37.1 Å². The number of ether oxygens (including phenoxy) is 1. The highest BCUT2D eigenvalue weighted by atomic mass is 35.5. The molecule has 0 heterocycles. The molecule has 19 heavy (non-hydrogen) atoms. The molecule has 0 aliphatic rings. The molecule has 0 radical (unpaired) electrons. The number of hydrogen-bond acceptors (Lipinski definition) is 2. The van der Waals surface area contributed by atoms with Crippen LogP contribution in [-0.4, -0.2) is 34.9 Å². The van der Waals surface area contributed by atoms with Crippen LogP contribution in [0, 0.1) is 0 Å². The molecule has 0 amide bonds. The van der Waals surface area contributed by atoms with Gasteiger partial charge in [0.2, 0.25) is 0 Å². The lowest BCUT2D eigenvalue weighted by Gasteiger charge is -2.26. The van der Waals surface area contributed by atoms with Crippen LogP contribution in [0.4, 0.5) is 0 Å². The molecule has 1 unspecified atom stereocenters. The number of benzene rings is 1. The molecule has 0 aliphatic heterocycles. The zero-order valence-electron chi connectivity index (χ0n) is 12.5. The molecule has 0 aromatic heterocycles. The Morgan fingerprint density at radius 3 is 2.53 bits per heavy atom. The lowest BCUT2D eigenvalue weighted by molar-refractivity contribution is 0.199. The Morgan fingerprint density at radius 2 is 1.95 bits per heavy atom. The van der Waals surface area contributed by atoms with Gasteiger partial charge in [-0.15, -0.1) is 0 Å². The third-order valence-electron chi connectivity index (χ3n) is 3.08. The second-order valence-electron chi connectivity index (χ2n) is 6.18. The van der Waals surface area contributed by atoms with Crippen molar-refractivity contribution in [2.24, 2.45) is 0 Å². The topological polar surface area (TPSA) is 21.3 Å². The van der Waals surface area contributed by atoms with Gasteiger partial charge in [-0.3, -0.25) is 0 Å². The smallest absolute Gasteiger partial charge is 0.0587 e. The van der Waals surface area contributed by atoms with Gasteiger partial charge < -0.3 is 10.1 Å². The van der Waals surface area contributed by atoms with E-state index >= 15 is 0 Å². The summed E-state index contributed by atoms with van der Waals surface area (Å²) in [4.78, 5) is 0. The van der Waals surface area contributed by atoms with Crippen LogP contribution in [0.15, 0.2) is 24.3 Å². The Bertz CT molecular complexity index is 379. The summed E-state index contributed by atoms with van der Waals surface area (Å²) in [5.41, 5.74) is 1.27. The maximum atomic E-state index is 6.35. The molecular weight excluding hydrogens is 274 g/mol. The second-order valence-corrected chi connectivity index (χ2v) is 12.1. The van der Waals surface area contributed by atoms with Crippen LogP contribution in [0.1, 0.15) is 11.5 Å². The van der Waals surface area contributed by atoms with E-state index in [1.165, 1.54) is 11.6 Å². The zero-order valence-corrected chi connectivity index (χ0v) is 14.3. The Kier molecular flexibility index (Phi) is 7.08. The number of methoxy groups -OCH3 is 1. The molecule has 1 N–H and O–H groups in total. The van der Waals surface area contributed by atoms with Gasteiger partial charge in [-0.25, -0.2) is 0 Å². The van der Waals surface area contributed by atoms with Crippen molar-refractivity contribution in [2.75, 3.05) is 26.8 Å². The largest absolute Gasteiger partial charge is 0.383 e. The van der Waals surface area contributed by atoms with E-state index in [0.29, 0.717) is 5.92 Å². The lowest BCUT2D eigenvalue weighted by Crippen LogP contribution is -2.30. The third kappa shape index (κ3) is 6.57. The minimum atomic E-state index is -1.12. The van der Waals surface area contributed by atoms with Gasteiger partial charge in [0, 0.05) is 33.3 Å². The van der Waals surface area contributed by atoms with Gasteiger partial charge in [-0.2, -0.15) is 0 Å². The fourth-order valence-electron chi connectivity index (χ4n) is 2.29. The highest BCUT2D eigenvalue weighted by molar-refractivity contribution is 6.76. The average molecular weight is 300 g/mol. The van der Waals surface area contributed by atoms with Crippen LogP contribution < -0.4 is 5.32 Å². The summed E-state index contributed by atoms with van der Waals surface area (Å²) in [5, 5.41) is 4.36. The first-order chi connectivity index (χ1) is 8.94. The average Bonchev–Trinajstić information content (AvgIpc) is 2.32. The molecule has 1 aromatic carbocycles. The van der Waals surface area contributed by atoms with Gasteiger partial charge in [-0.1, -0.05) is 49.4 Å². The molecule has 1 atom stereocenters. The molecule has 0 saturated carbocycles. The van der Waals surface area contributed by atoms with Crippen molar-refractivity contribution in [1.29, 1.82) is 0 Å². The Hall–Kier alpha value is -0.353. The molecule has 108 valence electrons. The van der Waals surface area contributed by atoms with Gasteiger partial charge in [0.1, 0.15) is 0 Å². The minimum Gasteiger partial charge on any atom is -0.383 e. The van der Waals surface area contributed by atoms with E-state index < -0.39 is 8.07 Å². The highest BCUT2D eigenvalue weighted by Crippen LogP contribution is 2.30. The molecule has 0 aliphatic carbocycles. The summed E-state index contributed by atoms with van der Waals surface area (Å²) in [7, 11) is 0.607. The Morgan fingerprint density at radius 1 is 1.26 bits per heavy atom. The van der Waals surface area contributed by atoms with Crippen LogP contribution in [0.5, 0.6) is 0 Å². The molecule has 4 heteroatoms. The molecule has 0 fully saturated rings. The van der Waals surface area contributed by atoms with Crippen molar-refractivity contribution >= 4 is 19.7 Å². The van der Waals surface area contributed by atoms with E-state index in [9.17, 15) is 0 Å². The molecule has 0 spiro atoms. The zero-order chi connectivity index (χ0) is 14.3. The molecule has 0 bridgehead atoms. The van der Waals surface area contributed by atoms with Crippen molar-refractivity contribution in [2.45, 2.75) is 31.6 Å². The first-order valence-corrected chi connectivity index (χ1v) is 11.0. The number of halogens is 1. The molecule has 1 aromatic rings. The summed E-state index contributed by atoms with van der Waals surface area (Å²) in [6.07, 6.45) is 0. The second kappa shape index (κ2) is 8.05. The fourth-order valence-corrected chi connectivity index (χ4v) is 4.42. The maximum absolute atomic E-state index is 6.35. The first kappa shape index (κ1) is 16.7. The number of rotatable bonds is 8. The first-order valence-electron chi connectivity index (χ1n) is 6.88. The van der Waals surface area contributed by atoms with Gasteiger partial charge in [0.05, 0.1) is 6.61 Å². The maximum Gasteiger partial charge on any atom is 0.0587 e. The van der Waals surface area contributed by atoms with Crippen molar-refractivity contribution in [3.63, 3.8) is 0 Å². The standard InChI is InChI=1S/C15H26ClNOSi/c1-18-10-9-17-11-13(12-19(2,3)4)14-7-5-6-8-15(14)16/h5-8,13,17H,9-12H2,1-4H3. The molecule has 1 rings (SSSR count). The van der Waals surface area contributed by atoms with Crippen LogP contribution in [0.2, 0.25) is 30.7 Å². The Balaban J connectivity index is 2.72. The van der Waals surface area contributed by atoms with Gasteiger partial charge in [0.25, 0.3) is 0 Å². The predicted molar refractivity (Wildman–Crippen MR) is 87.1 cm³/mol. The number of hydrogen-bond donors (Lipinski definition) is 1. The van der Waals surface area contributed by atoms with E-state index in [0.717, 1.165) is 24.7 Å². The van der Waals surface area contributed by atoms with Crippen LogP contribution >= 0.6 is 11.6 Å².